The summed E-state index contributed by atoms with van der Waals surface area (Å²) >= 11 is 0. The molecule has 0 aromatic heterocycles. The van der Waals surface area contributed by atoms with E-state index in [1.54, 1.807) is 12.1 Å². The molecule has 0 atom stereocenters. The molecule has 1 rings (SSSR count). The van der Waals surface area contributed by atoms with Crippen molar-refractivity contribution < 1.29 is 19.8 Å². The topological polar surface area (TPSA) is 55.0 Å². The minimum Gasteiger partial charge on any atom is -0.893 e. The second kappa shape index (κ2) is 30.3. The van der Waals surface area contributed by atoms with Crippen molar-refractivity contribution in [1.29, 1.82) is 0 Å². The summed E-state index contributed by atoms with van der Waals surface area (Å²) in [5, 5.41) is 20.3. The first-order valence-electron chi connectivity index (χ1n) is 15.5. The van der Waals surface area contributed by atoms with Crippen LogP contribution in [0.15, 0.2) is 30.3 Å². The Morgan fingerprint density at radius 3 is 1.00 bits per heavy atom. The Labute approximate surface area is 227 Å². The fourth-order valence-corrected chi connectivity index (χ4v) is 4.12. The van der Waals surface area contributed by atoms with Crippen LogP contribution in [-0.2, 0) is 6.32 Å². The van der Waals surface area contributed by atoms with Crippen molar-refractivity contribution in [2.24, 2.45) is 0 Å². The van der Waals surface area contributed by atoms with Crippen molar-refractivity contribution >= 4 is 7.12 Å². The number of unbranched alkanes of at least 4 members (excludes halogenated alkanes) is 6. The van der Waals surface area contributed by atoms with Gasteiger partial charge in [-0.05, 0) is 38.5 Å². The summed E-state index contributed by atoms with van der Waals surface area (Å²) in [6, 6.07) is 9.05. The van der Waals surface area contributed by atoms with Gasteiger partial charge in [-0.1, -0.05) is 122 Å². The van der Waals surface area contributed by atoms with Crippen molar-refractivity contribution in [3.05, 3.63) is 35.9 Å². The Kier molecular flexibility index (Phi) is 31.4. The molecule has 0 saturated carbocycles. The normalized spacial score (nSPS) is 10.6. The smallest absolute Gasteiger partial charge is 0.0770 e. The molecule has 0 saturated heterocycles. The summed E-state index contributed by atoms with van der Waals surface area (Å²) in [4.78, 5) is 3.68. The molecule has 1 aromatic rings. The van der Waals surface area contributed by atoms with E-state index in [1.807, 2.05) is 28.0 Å². The highest BCUT2D eigenvalue weighted by Gasteiger charge is 2.06. The lowest BCUT2D eigenvalue weighted by Gasteiger charge is -2.25. The van der Waals surface area contributed by atoms with Gasteiger partial charge in [0.05, 0.1) is 39.3 Å². The van der Waals surface area contributed by atoms with Crippen LogP contribution in [0.3, 0.4) is 0 Å². The molecular weight excluding hydrogens is 443 g/mol. The SMILES string of the molecule is CCCC[NH+](CCCC)CCCC.CCCC[NH+](CCCC)CCCC.[O-]B([O-])Cc1ccccc1. The average molecular weight is 507 g/mol. The molecule has 2 N–H and O–H groups in total. The summed E-state index contributed by atoms with van der Waals surface area (Å²) in [7, 11) is -1.73. The van der Waals surface area contributed by atoms with E-state index in [1.165, 1.54) is 116 Å². The lowest BCUT2D eigenvalue weighted by Crippen LogP contribution is -3.12. The van der Waals surface area contributed by atoms with Crippen LogP contribution in [-0.4, -0.2) is 46.4 Å². The van der Waals surface area contributed by atoms with E-state index in [4.69, 9.17) is 0 Å². The van der Waals surface area contributed by atoms with Crippen LogP contribution in [0.5, 0.6) is 0 Å². The van der Waals surface area contributed by atoms with Crippen molar-refractivity contribution in [3.63, 3.8) is 0 Å². The molecule has 0 radical (unpaired) electrons. The van der Waals surface area contributed by atoms with Crippen molar-refractivity contribution in [2.45, 2.75) is 125 Å². The molecule has 4 nitrogen and oxygen atoms in total. The van der Waals surface area contributed by atoms with Gasteiger partial charge in [-0.2, -0.15) is 0 Å². The highest BCUT2D eigenvalue weighted by Crippen LogP contribution is 1.97. The maximum atomic E-state index is 10.1. The largest absolute Gasteiger partial charge is 0.893 e. The molecule has 0 heterocycles. The Bertz CT molecular complexity index is 455. The maximum absolute atomic E-state index is 10.1. The van der Waals surface area contributed by atoms with Crippen molar-refractivity contribution in [3.8, 4) is 0 Å². The number of hydrogen-bond acceptors (Lipinski definition) is 2. The van der Waals surface area contributed by atoms with Gasteiger partial charge in [-0.15, -0.1) is 7.12 Å². The molecule has 212 valence electrons. The van der Waals surface area contributed by atoms with Crippen molar-refractivity contribution in [1.82, 2.24) is 0 Å². The number of hydrogen-bond donors (Lipinski definition) is 2. The molecule has 0 spiro atoms. The molecule has 36 heavy (non-hydrogen) atoms. The number of nitrogens with one attached hydrogen (secondary N) is 2. The average Bonchev–Trinajstić information content (AvgIpc) is 2.89. The van der Waals surface area contributed by atoms with E-state index in [9.17, 15) is 10.0 Å². The first kappa shape index (κ1) is 37.3. The first-order chi connectivity index (χ1) is 17.5. The third-order valence-electron chi connectivity index (χ3n) is 6.55. The molecule has 0 fully saturated rings. The Balaban J connectivity index is 0. The third-order valence-corrected chi connectivity index (χ3v) is 6.55. The molecule has 0 amide bonds. The van der Waals surface area contributed by atoms with Crippen molar-refractivity contribution in [2.75, 3.05) is 39.3 Å². The standard InChI is InChI=1S/2C12H27N.C7H7BO2/c2*1-4-7-10-13(11-8-5-2)12-9-6-3;9-8(10)6-7-4-2-1-3-5-7/h2*4-12H2,1-3H3;1-5H,6H2/q;;-2/p+2. The molecular formula is C31H63BN2O2. The minimum absolute atomic E-state index is 0.0842. The van der Waals surface area contributed by atoms with Crippen LogP contribution >= 0.6 is 0 Å². The fourth-order valence-electron chi connectivity index (χ4n) is 4.12. The number of quaternary nitrogens is 2. The van der Waals surface area contributed by atoms with Gasteiger partial charge in [-0.25, -0.2) is 0 Å². The van der Waals surface area contributed by atoms with Crippen LogP contribution in [0.25, 0.3) is 0 Å². The predicted octanol–water partition coefficient (Wildman–Crippen LogP) is 3.52. The molecule has 0 aliphatic rings. The Hall–Kier alpha value is -0.875. The highest BCUT2D eigenvalue weighted by atomic mass is 16.4. The summed E-state index contributed by atoms with van der Waals surface area (Å²) < 4.78 is 0. The van der Waals surface area contributed by atoms with Gasteiger partial charge in [0.15, 0.2) is 0 Å². The highest BCUT2D eigenvalue weighted by molar-refractivity contribution is 6.36. The quantitative estimate of drug-likeness (QED) is 0.266. The van der Waals surface area contributed by atoms with E-state index in [-0.39, 0.29) is 6.32 Å². The van der Waals surface area contributed by atoms with Gasteiger partial charge in [0.1, 0.15) is 0 Å². The molecule has 0 aliphatic carbocycles. The van der Waals surface area contributed by atoms with E-state index >= 15 is 0 Å². The van der Waals surface area contributed by atoms with Gasteiger partial charge in [0.2, 0.25) is 0 Å². The second-order valence-electron chi connectivity index (χ2n) is 10.2. The monoisotopic (exact) mass is 506 g/mol. The van der Waals surface area contributed by atoms with Crippen LogP contribution in [0.2, 0.25) is 0 Å². The first-order valence-corrected chi connectivity index (χ1v) is 15.5. The zero-order valence-corrected chi connectivity index (χ0v) is 25.2. The number of benzene rings is 1. The van der Waals surface area contributed by atoms with Gasteiger partial charge < -0.3 is 19.8 Å². The zero-order chi connectivity index (χ0) is 27.3. The molecule has 0 unspecified atom stereocenters. The van der Waals surface area contributed by atoms with E-state index < -0.39 is 7.12 Å². The van der Waals surface area contributed by atoms with Crippen LogP contribution in [0, 0.1) is 0 Å². The van der Waals surface area contributed by atoms with Crippen LogP contribution < -0.4 is 19.8 Å². The molecule has 0 bridgehead atoms. The molecule has 0 aliphatic heterocycles. The van der Waals surface area contributed by atoms with E-state index in [0.29, 0.717) is 0 Å². The minimum atomic E-state index is -1.73. The maximum Gasteiger partial charge on any atom is 0.0770 e. The summed E-state index contributed by atoms with van der Waals surface area (Å²) in [6.45, 7) is 22.1. The Morgan fingerprint density at radius 2 is 0.778 bits per heavy atom. The van der Waals surface area contributed by atoms with Gasteiger partial charge in [-0.3, -0.25) is 0 Å². The molecule has 1 aromatic carbocycles. The van der Waals surface area contributed by atoms with Crippen LogP contribution in [0.4, 0.5) is 0 Å². The van der Waals surface area contributed by atoms with E-state index in [2.05, 4.69) is 41.5 Å². The summed E-state index contributed by atoms with van der Waals surface area (Å²) in [5.74, 6) is 0. The molecule has 5 heteroatoms. The summed E-state index contributed by atoms with van der Waals surface area (Å²) in [6.07, 6.45) is 16.6. The fraction of sp³-hybridized carbons (Fsp3) is 0.806. The van der Waals surface area contributed by atoms with Crippen LogP contribution in [0.1, 0.15) is 124 Å². The predicted molar refractivity (Wildman–Crippen MR) is 156 cm³/mol. The van der Waals surface area contributed by atoms with E-state index in [0.717, 1.165) is 5.56 Å². The Morgan fingerprint density at radius 1 is 0.500 bits per heavy atom. The zero-order valence-electron chi connectivity index (χ0n) is 25.2. The van der Waals surface area contributed by atoms with Gasteiger partial charge in [0, 0.05) is 0 Å². The second-order valence-corrected chi connectivity index (χ2v) is 10.2. The lowest BCUT2D eigenvalue weighted by molar-refractivity contribution is -0.900. The van der Waals surface area contributed by atoms with Gasteiger partial charge in [0.25, 0.3) is 0 Å². The lowest BCUT2D eigenvalue weighted by atomic mass is 9.82. The van der Waals surface area contributed by atoms with Gasteiger partial charge >= 0.3 is 0 Å². The third kappa shape index (κ3) is 27.7. The number of rotatable bonds is 20. The summed E-state index contributed by atoms with van der Waals surface area (Å²) in [5.41, 5.74) is 0.817.